The van der Waals surface area contributed by atoms with Gasteiger partial charge in [0.2, 0.25) is 0 Å². The van der Waals surface area contributed by atoms with Crippen LogP contribution in [-0.4, -0.2) is 18.3 Å². The first-order valence-corrected chi connectivity index (χ1v) is 42.8. The Balaban J connectivity index is 0.000000136. The third kappa shape index (κ3) is 11.5. The third-order valence-corrected chi connectivity index (χ3v) is 26.2. The molecule has 0 atom stereocenters. The summed E-state index contributed by atoms with van der Waals surface area (Å²) in [6, 6.07) is 169. The molecule has 0 saturated carbocycles. The summed E-state index contributed by atoms with van der Waals surface area (Å²) >= 11 is 0. The molecule has 26 rings (SSSR count). The van der Waals surface area contributed by atoms with Crippen molar-refractivity contribution in [2.45, 2.75) is 0 Å². The van der Waals surface area contributed by atoms with E-state index in [-0.39, 0.29) is 0 Å². The molecule has 0 aliphatic carbocycles. The van der Waals surface area contributed by atoms with E-state index in [1.54, 1.807) is 0 Å². The Morgan fingerprint density at radius 3 is 0.581 bits per heavy atom. The highest BCUT2D eigenvalue weighted by atomic mass is 15.0. The molecule has 0 N–H and O–H groups in total. The summed E-state index contributed by atoms with van der Waals surface area (Å²) in [5.41, 5.74) is 28.7. The summed E-state index contributed by atoms with van der Waals surface area (Å²) in [6.07, 6.45) is 0. The summed E-state index contributed by atoms with van der Waals surface area (Å²) in [5.74, 6) is 0. The number of hydrogen-bond donors (Lipinski definition) is 0. The van der Waals surface area contributed by atoms with Crippen molar-refractivity contribution in [3.05, 3.63) is 461 Å². The summed E-state index contributed by atoms with van der Waals surface area (Å²) in [7, 11) is 0. The third-order valence-electron chi connectivity index (χ3n) is 26.2. The minimum absolute atomic E-state index is 1.15. The normalized spacial score (nSPS) is 11.9. The van der Waals surface area contributed by atoms with Crippen LogP contribution in [0.1, 0.15) is 0 Å². The fourth-order valence-electron chi connectivity index (χ4n) is 20.4. The molecule has 0 unspecified atom stereocenters. The van der Waals surface area contributed by atoms with Crippen molar-refractivity contribution in [3.8, 4) is 89.5 Å². The SMILES string of the molecule is c1ccc(-c2cccc(-n3c4ccccc4c4cc(-c5ccc6c(c5)c5ccccc5n6-c5ccc(-c6ccc7c8ccccc8c8ccccc8c7c6)cc5)ccc43)c2)cc1.c1ccc(-c2cccc(-n3c4ccccc4c4cc(-c5ccc6c(c5)c5ccccc5n6-c5cccc(-c6ccc7c8ccccc8c8ccccc8c7c6)c5)ccc43)c2)cc1. The van der Waals surface area contributed by atoms with Gasteiger partial charge in [0.25, 0.3) is 0 Å². The van der Waals surface area contributed by atoms with Gasteiger partial charge in [-0.15, -0.1) is 0 Å². The summed E-state index contributed by atoms with van der Waals surface area (Å²) < 4.78 is 9.67. The van der Waals surface area contributed by atoms with Crippen LogP contribution in [0, 0.1) is 0 Å². The minimum Gasteiger partial charge on any atom is -0.309 e. The van der Waals surface area contributed by atoms with Crippen LogP contribution >= 0.6 is 0 Å². The van der Waals surface area contributed by atoms with Crippen molar-refractivity contribution in [2.75, 3.05) is 0 Å². The fraction of sp³-hybridized carbons (Fsp3) is 0. The molecule has 26 aromatic rings. The van der Waals surface area contributed by atoms with E-state index < -0.39 is 0 Å². The first kappa shape index (κ1) is 70.6. The quantitative estimate of drug-likeness (QED) is 0.122. The molecule has 0 aliphatic rings. The maximum atomic E-state index is 2.43. The van der Waals surface area contributed by atoms with Gasteiger partial charge in [0.15, 0.2) is 0 Å². The van der Waals surface area contributed by atoms with Crippen molar-refractivity contribution >= 4 is 152 Å². The van der Waals surface area contributed by atoms with Gasteiger partial charge >= 0.3 is 0 Å². The standard InChI is InChI=1S/2C60H38N2/c1-2-14-39(15-3-1)40-16-12-18-45(34-40)61-57-26-10-8-24-52(57)55-37-43(29-32-59(55)61)44-30-33-60-56(38-44)53-25-9-11-27-58(53)62(60)46-19-13-17-41(35-46)42-28-31-51-49-22-5-4-20-47(49)48-21-6-7-23-50(48)54(51)36-42;1-2-13-39(14-3-1)41-15-12-16-46(35-41)62-58-24-11-9-22-53(58)56-38-44(29-34-60(56)62)43-28-33-59-55(37-43)52-21-8-10-23-57(52)61(59)45-30-25-40(26-31-45)42-27-32-51-49-19-5-4-17-47(49)48-18-6-7-20-50(48)54(51)36-42/h2*1-38H. The maximum absolute atomic E-state index is 2.43. The van der Waals surface area contributed by atoms with Crippen LogP contribution in [0.4, 0.5) is 0 Å². The fourth-order valence-corrected chi connectivity index (χ4v) is 20.4. The molecule has 0 radical (unpaired) electrons. The largest absolute Gasteiger partial charge is 0.309 e. The molecular weight excluding hydrogens is 1500 g/mol. The van der Waals surface area contributed by atoms with Crippen molar-refractivity contribution in [1.29, 1.82) is 0 Å². The monoisotopic (exact) mass is 1570 g/mol. The zero-order valence-electron chi connectivity index (χ0n) is 67.7. The number of aromatic nitrogens is 4. The van der Waals surface area contributed by atoms with Crippen molar-refractivity contribution in [3.63, 3.8) is 0 Å². The lowest BCUT2D eigenvalue weighted by molar-refractivity contribution is 1.18. The highest BCUT2D eigenvalue weighted by Gasteiger charge is 2.22. The number of rotatable bonds is 10. The van der Waals surface area contributed by atoms with Gasteiger partial charge in [-0.25, -0.2) is 0 Å². The molecule has 4 heteroatoms. The molecule has 22 aromatic carbocycles. The molecule has 0 spiro atoms. The average molecular weight is 1570 g/mol. The van der Waals surface area contributed by atoms with Crippen molar-refractivity contribution in [2.24, 2.45) is 0 Å². The number of hydrogen-bond acceptors (Lipinski definition) is 0. The lowest BCUT2D eigenvalue weighted by atomic mass is 9.92. The predicted molar refractivity (Wildman–Crippen MR) is 528 cm³/mol. The molecule has 0 fully saturated rings. The molecular formula is C120H76N4. The second-order valence-electron chi connectivity index (χ2n) is 33.0. The van der Waals surface area contributed by atoms with E-state index in [4.69, 9.17) is 0 Å². The van der Waals surface area contributed by atoms with Crippen LogP contribution < -0.4 is 0 Å². The van der Waals surface area contributed by atoms with E-state index in [2.05, 4.69) is 479 Å². The van der Waals surface area contributed by atoms with E-state index in [9.17, 15) is 0 Å². The Kier molecular flexibility index (Phi) is 16.3. The van der Waals surface area contributed by atoms with Gasteiger partial charge in [-0.05, 0) is 265 Å². The minimum atomic E-state index is 1.15. The van der Waals surface area contributed by atoms with Crippen LogP contribution in [0.3, 0.4) is 0 Å². The summed E-state index contributed by atoms with van der Waals surface area (Å²) in [6.45, 7) is 0. The summed E-state index contributed by atoms with van der Waals surface area (Å²) in [5, 5.41) is 25.5. The first-order valence-electron chi connectivity index (χ1n) is 42.8. The number of para-hydroxylation sites is 4. The molecule has 0 saturated heterocycles. The highest BCUT2D eigenvalue weighted by molar-refractivity contribution is 6.28. The zero-order valence-corrected chi connectivity index (χ0v) is 67.7. The molecule has 0 amide bonds. The smallest absolute Gasteiger partial charge is 0.0541 e. The average Bonchev–Trinajstić information content (AvgIpc) is 0.761. The lowest BCUT2D eigenvalue weighted by Crippen LogP contribution is -1.94. The van der Waals surface area contributed by atoms with Gasteiger partial charge in [-0.1, -0.05) is 328 Å². The highest BCUT2D eigenvalue weighted by Crippen LogP contribution is 2.46. The number of nitrogens with zero attached hydrogens (tertiary/aromatic N) is 4. The second-order valence-corrected chi connectivity index (χ2v) is 33.0. The Bertz CT molecular complexity index is 8790. The van der Waals surface area contributed by atoms with E-state index >= 15 is 0 Å². The van der Waals surface area contributed by atoms with Gasteiger partial charge in [0.05, 0.1) is 44.1 Å². The second kappa shape index (κ2) is 28.7. The van der Waals surface area contributed by atoms with Crippen molar-refractivity contribution in [1.82, 2.24) is 18.3 Å². The molecule has 0 bridgehead atoms. The predicted octanol–water partition coefficient (Wildman–Crippen LogP) is 32.7. The van der Waals surface area contributed by atoms with Crippen LogP contribution in [-0.2, 0) is 0 Å². The molecule has 4 nitrogen and oxygen atoms in total. The van der Waals surface area contributed by atoms with Crippen LogP contribution in [0.15, 0.2) is 461 Å². The Morgan fingerprint density at radius 1 is 0.0887 bits per heavy atom. The zero-order chi connectivity index (χ0) is 81.5. The Labute approximate surface area is 715 Å². The van der Waals surface area contributed by atoms with Crippen LogP contribution in [0.2, 0.25) is 0 Å². The lowest BCUT2D eigenvalue weighted by Gasteiger charge is -2.13. The first-order chi connectivity index (χ1) is 61.5. The molecule has 4 heterocycles. The van der Waals surface area contributed by atoms with Gasteiger partial charge in [-0.3, -0.25) is 0 Å². The molecule has 0 aliphatic heterocycles. The number of benzene rings is 22. The van der Waals surface area contributed by atoms with E-state index in [0.717, 1.165) is 22.7 Å². The van der Waals surface area contributed by atoms with E-state index in [1.165, 1.54) is 219 Å². The maximum Gasteiger partial charge on any atom is 0.0541 e. The molecule has 4 aromatic heterocycles. The van der Waals surface area contributed by atoms with Crippen LogP contribution in [0.25, 0.3) is 241 Å². The topological polar surface area (TPSA) is 19.7 Å². The van der Waals surface area contributed by atoms with E-state index in [0.29, 0.717) is 0 Å². The summed E-state index contributed by atoms with van der Waals surface area (Å²) in [4.78, 5) is 0. The Hall–Kier alpha value is -16.4. The number of fused-ring (bicyclic) bond motifs is 24. The molecule has 576 valence electrons. The molecule has 124 heavy (non-hydrogen) atoms. The van der Waals surface area contributed by atoms with Crippen LogP contribution in [0.5, 0.6) is 0 Å². The van der Waals surface area contributed by atoms with Gasteiger partial charge in [0, 0.05) is 65.8 Å². The Morgan fingerprint density at radius 2 is 0.274 bits per heavy atom. The van der Waals surface area contributed by atoms with Crippen molar-refractivity contribution < 1.29 is 0 Å². The van der Waals surface area contributed by atoms with Gasteiger partial charge < -0.3 is 18.3 Å². The van der Waals surface area contributed by atoms with E-state index in [1.807, 2.05) is 0 Å². The van der Waals surface area contributed by atoms with Gasteiger partial charge in [0.1, 0.15) is 0 Å². The van der Waals surface area contributed by atoms with Gasteiger partial charge in [-0.2, -0.15) is 0 Å².